The van der Waals surface area contributed by atoms with Crippen LogP contribution in [0.1, 0.15) is 40.5 Å². The first kappa shape index (κ1) is 15.2. The van der Waals surface area contributed by atoms with Gasteiger partial charge in [-0.15, -0.1) is 6.58 Å². The van der Waals surface area contributed by atoms with Crippen LogP contribution < -0.4 is 10.6 Å². The lowest BCUT2D eigenvalue weighted by atomic mass is 9.91. The lowest BCUT2D eigenvalue weighted by molar-refractivity contribution is -0.129. The fourth-order valence-electron chi connectivity index (χ4n) is 1.38. The van der Waals surface area contributed by atoms with E-state index in [0.29, 0.717) is 19.1 Å². The van der Waals surface area contributed by atoms with E-state index in [9.17, 15) is 4.79 Å². The molecule has 3 heteroatoms. The van der Waals surface area contributed by atoms with Crippen LogP contribution in [0.5, 0.6) is 0 Å². The van der Waals surface area contributed by atoms with Crippen molar-refractivity contribution in [1.82, 2.24) is 10.6 Å². The van der Waals surface area contributed by atoms with Crippen molar-refractivity contribution in [3.8, 4) is 0 Å². The number of hydrogen-bond donors (Lipinski definition) is 2. The minimum atomic E-state index is -0.349. The Hall–Kier alpha value is -0.830. The maximum atomic E-state index is 11.7. The van der Waals surface area contributed by atoms with Crippen molar-refractivity contribution in [3.63, 3.8) is 0 Å². The Labute approximate surface area is 99.7 Å². The second-order valence-corrected chi connectivity index (χ2v) is 4.89. The molecule has 1 unspecified atom stereocenters. The molecular formula is C13H26N2O. The standard InChI is InChI=1S/C13H26N2O/c1-6-8-9-11(3)15-10-13(4,5)12(16)14-7-2/h6,11,15H,1,7-10H2,2-5H3,(H,14,16). The summed E-state index contributed by atoms with van der Waals surface area (Å²) >= 11 is 0. The summed E-state index contributed by atoms with van der Waals surface area (Å²) in [7, 11) is 0. The van der Waals surface area contributed by atoms with Crippen molar-refractivity contribution in [3.05, 3.63) is 12.7 Å². The van der Waals surface area contributed by atoms with Gasteiger partial charge in [-0.05, 0) is 40.5 Å². The van der Waals surface area contributed by atoms with Crippen LogP contribution in [0.4, 0.5) is 0 Å². The summed E-state index contributed by atoms with van der Waals surface area (Å²) in [6, 6.07) is 0.423. The van der Waals surface area contributed by atoms with Crippen molar-refractivity contribution < 1.29 is 4.79 Å². The summed E-state index contributed by atoms with van der Waals surface area (Å²) in [4.78, 5) is 11.7. The molecule has 0 aliphatic rings. The van der Waals surface area contributed by atoms with Crippen molar-refractivity contribution >= 4 is 5.91 Å². The van der Waals surface area contributed by atoms with E-state index in [1.807, 2.05) is 26.8 Å². The Kier molecular flexibility index (Phi) is 7.06. The van der Waals surface area contributed by atoms with Gasteiger partial charge < -0.3 is 10.6 Å². The van der Waals surface area contributed by atoms with E-state index in [4.69, 9.17) is 0 Å². The fraction of sp³-hybridized carbons (Fsp3) is 0.769. The first-order valence-corrected chi connectivity index (χ1v) is 6.06. The molecule has 94 valence electrons. The molecule has 0 radical (unpaired) electrons. The highest BCUT2D eigenvalue weighted by atomic mass is 16.2. The number of amides is 1. The van der Waals surface area contributed by atoms with Crippen molar-refractivity contribution in [1.29, 1.82) is 0 Å². The molecule has 0 spiro atoms. The van der Waals surface area contributed by atoms with Crippen LogP contribution in [-0.4, -0.2) is 25.0 Å². The summed E-state index contributed by atoms with van der Waals surface area (Å²) < 4.78 is 0. The van der Waals surface area contributed by atoms with E-state index in [1.165, 1.54) is 0 Å². The zero-order valence-electron chi connectivity index (χ0n) is 11.1. The number of rotatable bonds is 8. The molecule has 0 saturated heterocycles. The molecule has 0 heterocycles. The molecule has 0 aromatic carbocycles. The monoisotopic (exact) mass is 226 g/mol. The van der Waals surface area contributed by atoms with Gasteiger partial charge in [0.25, 0.3) is 0 Å². The number of hydrogen-bond acceptors (Lipinski definition) is 2. The third-order valence-corrected chi connectivity index (χ3v) is 2.65. The Morgan fingerprint density at radius 3 is 2.62 bits per heavy atom. The minimum Gasteiger partial charge on any atom is -0.356 e. The Morgan fingerprint density at radius 1 is 1.50 bits per heavy atom. The number of nitrogens with one attached hydrogen (secondary N) is 2. The highest BCUT2D eigenvalue weighted by Gasteiger charge is 2.26. The van der Waals surface area contributed by atoms with Gasteiger partial charge in [0.2, 0.25) is 5.91 Å². The lowest BCUT2D eigenvalue weighted by Gasteiger charge is -2.25. The van der Waals surface area contributed by atoms with Crippen molar-refractivity contribution in [2.45, 2.75) is 46.6 Å². The highest BCUT2D eigenvalue weighted by molar-refractivity contribution is 5.81. The SMILES string of the molecule is C=CCCC(C)NCC(C)(C)C(=O)NCC. The van der Waals surface area contributed by atoms with Gasteiger partial charge in [0, 0.05) is 19.1 Å². The average Bonchev–Trinajstić information content (AvgIpc) is 2.24. The van der Waals surface area contributed by atoms with Gasteiger partial charge in [0.15, 0.2) is 0 Å². The summed E-state index contributed by atoms with van der Waals surface area (Å²) in [5.41, 5.74) is -0.349. The Bertz CT molecular complexity index is 224. The van der Waals surface area contributed by atoms with E-state index < -0.39 is 0 Å². The second-order valence-electron chi connectivity index (χ2n) is 4.89. The maximum Gasteiger partial charge on any atom is 0.226 e. The Balaban J connectivity index is 3.97. The number of carbonyl (C=O) groups excluding carboxylic acids is 1. The predicted molar refractivity (Wildman–Crippen MR) is 69.4 cm³/mol. The summed E-state index contributed by atoms with van der Waals surface area (Å²) in [5, 5.41) is 6.25. The minimum absolute atomic E-state index is 0.110. The van der Waals surface area contributed by atoms with E-state index in [2.05, 4.69) is 24.1 Å². The van der Waals surface area contributed by atoms with Gasteiger partial charge in [-0.2, -0.15) is 0 Å². The van der Waals surface area contributed by atoms with Gasteiger partial charge in [0.05, 0.1) is 5.41 Å². The molecule has 0 saturated carbocycles. The van der Waals surface area contributed by atoms with Gasteiger partial charge >= 0.3 is 0 Å². The first-order chi connectivity index (χ1) is 7.44. The molecule has 1 atom stereocenters. The second kappa shape index (κ2) is 7.44. The van der Waals surface area contributed by atoms with E-state index >= 15 is 0 Å². The predicted octanol–water partition coefficient (Wildman–Crippen LogP) is 2.09. The molecular weight excluding hydrogens is 200 g/mol. The largest absolute Gasteiger partial charge is 0.356 e. The molecule has 0 rings (SSSR count). The lowest BCUT2D eigenvalue weighted by Crippen LogP contribution is -2.45. The molecule has 0 bridgehead atoms. The molecule has 0 aromatic rings. The topological polar surface area (TPSA) is 41.1 Å². The van der Waals surface area contributed by atoms with Crippen LogP contribution in [0.2, 0.25) is 0 Å². The van der Waals surface area contributed by atoms with Gasteiger partial charge in [0.1, 0.15) is 0 Å². The van der Waals surface area contributed by atoms with Gasteiger partial charge in [-0.3, -0.25) is 4.79 Å². The molecule has 0 aliphatic carbocycles. The molecule has 0 aliphatic heterocycles. The summed E-state index contributed by atoms with van der Waals surface area (Å²) in [5.74, 6) is 0.110. The molecule has 16 heavy (non-hydrogen) atoms. The van der Waals surface area contributed by atoms with E-state index in [-0.39, 0.29) is 11.3 Å². The van der Waals surface area contributed by atoms with Gasteiger partial charge in [-0.25, -0.2) is 0 Å². The van der Waals surface area contributed by atoms with E-state index in [1.54, 1.807) is 0 Å². The zero-order chi connectivity index (χ0) is 12.6. The van der Waals surface area contributed by atoms with Crippen LogP contribution in [0.15, 0.2) is 12.7 Å². The summed E-state index contributed by atoms with van der Waals surface area (Å²) in [6.45, 7) is 13.1. The summed E-state index contributed by atoms with van der Waals surface area (Å²) in [6.07, 6.45) is 4.00. The van der Waals surface area contributed by atoms with Crippen LogP contribution in [0.25, 0.3) is 0 Å². The maximum absolute atomic E-state index is 11.7. The molecule has 3 nitrogen and oxygen atoms in total. The van der Waals surface area contributed by atoms with Crippen molar-refractivity contribution in [2.75, 3.05) is 13.1 Å². The number of allylic oxidation sites excluding steroid dienone is 1. The molecule has 2 N–H and O–H groups in total. The fourth-order valence-corrected chi connectivity index (χ4v) is 1.38. The third kappa shape index (κ3) is 5.91. The molecule has 0 fully saturated rings. The average molecular weight is 226 g/mol. The quantitative estimate of drug-likeness (QED) is 0.622. The van der Waals surface area contributed by atoms with Crippen molar-refractivity contribution in [2.24, 2.45) is 5.41 Å². The van der Waals surface area contributed by atoms with Crippen LogP contribution in [-0.2, 0) is 4.79 Å². The molecule has 0 aromatic heterocycles. The zero-order valence-corrected chi connectivity index (χ0v) is 11.1. The Morgan fingerprint density at radius 2 is 2.12 bits per heavy atom. The first-order valence-electron chi connectivity index (χ1n) is 6.06. The smallest absolute Gasteiger partial charge is 0.226 e. The molecule has 1 amide bonds. The van der Waals surface area contributed by atoms with Gasteiger partial charge in [-0.1, -0.05) is 6.08 Å². The van der Waals surface area contributed by atoms with Crippen LogP contribution >= 0.6 is 0 Å². The van der Waals surface area contributed by atoms with E-state index in [0.717, 1.165) is 12.8 Å². The third-order valence-electron chi connectivity index (χ3n) is 2.65. The van der Waals surface area contributed by atoms with Crippen LogP contribution in [0, 0.1) is 5.41 Å². The normalized spacial score (nSPS) is 13.2. The highest BCUT2D eigenvalue weighted by Crippen LogP contribution is 2.14. The number of carbonyl (C=O) groups is 1. The van der Waals surface area contributed by atoms with Crippen LogP contribution in [0.3, 0.4) is 0 Å².